The Balaban J connectivity index is 1.64. The Hall–Kier alpha value is -3.06. The zero-order valence-corrected chi connectivity index (χ0v) is 13.1. The van der Waals surface area contributed by atoms with Crippen LogP contribution in [0.25, 0.3) is 10.9 Å². The molecule has 8 heteroatoms. The lowest BCUT2D eigenvalue weighted by atomic mass is 10.2. The maximum absolute atomic E-state index is 10.6. The van der Waals surface area contributed by atoms with Crippen molar-refractivity contribution in [3.8, 4) is 0 Å². The summed E-state index contributed by atoms with van der Waals surface area (Å²) in [6, 6.07) is 13.6. The number of non-ortho nitro benzene ring substituents is 1. The molecular formula is C16H12ClN5O2. The minimum Gasteiger partial charge on any atom is -0.302 e. The van der Waals surface area contributed by atoms with E-state index in [0.717, 1.165) is 16.5 Å². The highest BCUT2D eigenvalue weighted by atomic mass is 35.5. The first-order valence-corrected chi connectivity index (χ1v) is 7.43. The lowest BCUT2D eigenvalue weighted by molar-refractivity contribution is -0.384. The maximum Gasteiger partial charge on any atom is 0.269 e. The summed E-state index contributed by atoms with van der Waals surface area (Å²) in [5.41, 5.74) is 4.39. The molecule has 0 fully saturated rings. The molecule has 3 aromatic rings. The van der Waals surface area contributed by atoms with Gasteiger partial charge in [-0.15, -0.1) is 0 Å². The average Bonchev–Trinajstić information content (AvgIpc) is 2.59. The van der Waals surface area contributed by atoms with Crippen molar-refractivity contribution < 1.29 is 4.92 Å². The summed E-state index contributed by atoms with van der Waals surface area (Å²) in [4.78, 5) is 18.8. The lowest BCUT2D eigenvalue weighted by Crippen LogP contribution is -2.09. The first-order chi connectivity index (χ1) is 11.6. The fourth-order valence-corrected chi connectivity index (χ4v) is 2.34. The third kappa shape index (κ3) is 3.64. The molecule has 0 aliphatic rings. The van der Waals surface area contributed by atoms with E-state index in [1.807, 2.05) is 24.3 Å². The molecule has 0 aliphatic heterocycles. The molecule has 0 saturated carbocycles. The van der Waals surface area contributed by atoms with E-state index in [-0.39, 0.29) is 5.69 Å². The van der Waals surface area contributed by atoms with Gasteiger partial charge in [0.1, 0.15) is 5.15 Å². The van der Waals surface area contributed by atoms with Crippen LogP contribution in [0.2, 0.25) is 5.15 Å². The van der Waals surface area contributed by atoms with Crippen molar-refractivity contribution in [3.05, 3.63) is 75.2 Å². The molecule has 0 bridgehead atoms. The minimum absolute atomic E-state index is 0.0410. The summed E-state index contributed by atoms with van der Waals surface area (Å²) >= 11 is 6.14. The number of fused-ring (bicyclic) bond motifs is 1. The fraction of sp³-hybridized carbons (Fsp3) is 0.0625. The molecular weight excluding hydrogens is 330 g/mol. The molecule has 1 heterocycles. The highest BCUT2D eigenvalue weighted by Crippen LogP contribution is 2.19. The molecule has 7 nitrogen and oxygen atoms in total. The maximum atomic E-state index is 10.6. The van der Waals surface area contributed by atoms with E-state index in [0.29, 0.717) is 17.5 Å². The zero-order chi connectivity index (χ0) is 16.9. The number of hydrazone groups is 1. The molecule has 0 unspecified atom stereocenters. The Morgan fingerprint density at radius 3 is 2.67 bits per heavy atom. The van der Waals surface area contributed by atoms with Gasteiger partial charge in [-0.2, -0.15) is 5.10 Å². The van der Waals surface area contributed by atoms with E-state index in [1.165, 1.54) is 12.1 Å². The van der Waals surface area contributed by atoms with E-state index in [2.05, 4.69) is 20.5 Å². The summed E-state index contributed by atoms with van der Waals surface area (Å²) in [6.45, 7) is 0.314. The van der Waals surface area contributed by atoms with Gasteiger partial charge < -0.3 is 5.43 Å². The standard InChI is InChI=1S/C16H12ClN5O2/c17-16-13-3-1-2-4-14(13)20-15(21-16)10-19-18-9-11-5-7-12(8-6-11)22(23)24/h1-9,19H,10H2/b18-9+. The normalized spacial score (nSPS) is 11.0. The summed E-state index contributed by atoms with van der Waals surface area (Å²) < 4.78 is 0. The third-order valence-corrected chi connectivity index (χ3v) is 3.54. The number of nitrogens with one attached hydrogen (secondary N) is 1. The van der Waals surface area contributed by atoms with Gasteiger partial charge >= 0.3 is 0 Å². The molecule has 24 heavy (non-hydrogen) atoms. The molecule has 0 atom stereocenters. The fourth-order valence-electron chi connectivity index (χ4n) is 2.08. The SMILES string of the molecule is O=[N+]([O-])c1ccc(/C=N/NCc2nc(Cl)c3ccccc3n2)cc1. The second kappa shape index (κ2) is 7.01. The summed E-state index contributed by atoms with van der Waals surface area (Å²) in [5.74, 6) is 0.527. The quantitative estimate of drug-likeness (QED) is 0.332. The van der Waals surface area contributed by atoms with Crippen molar-refractivity contribution in [3.63, 3.8) is 0 Å². The van der Waals surface area contributed by atoms with Crippen LogP contribution >= 0.6 is 11.6 Å². The van der Waals surface area contributed by atoms with Crippen LogP contribution in [0.4, 0.5) is 5.69 Å². The molecule has 0 saturated heterocycles. The second-order valence-corrected chi connectivity index (χ2v) is 5.25. The smallest absolute Gasteiger partial charge is 0.269 e. The largest absolute Gasteiger partial charge is 0.302 e. The number of benzene rings is 2. The van der Waals surface area contributed by atoms with Crippen LogP contribution in [-0.2, 0) is 6.54 Å². The number of nitro benzene ring substituents is 1. The van der Waals surface area contributed by atoms with E-state index in [9.17, 15) is 10.1 Å². The molecule has 3 rings (SSSR count). The van der Waals surface area contributed by atoms with Crippen molar-refractivity contribution in [1.82, 2.24) is 15.4 Å². The van der Waals surface area contributed by atoms with Gasteiger partial charge in [-0.3, -0.25) is 10.1 Å². The molecule has 1 N–H and O–H groups in total. The molecule has 0 spiro atoms. The van der Waals surface area contributed by atoms with E-state index in [4.69, 9.17) is 11.6 Å². The number of halogens is 1. The van der Waals surface area contributed by atoms with Crippen LogP contribution in [0.15, 0.2) is 53.6 Å². The monoisotopic (exact) mass is 341 g/mol. The third-order valence-electron chi connectivity index (χ3n) is 3.25. The van der Waals surface area contributed by atoms with Gasteiger partial charge in [0.05, 0.1) is 23.2 Å². The van der Waals surface area contributed by atoms with E-state index in [1.54, 1.807) is 18.3 Å². The molecule has 0 amide bonds. The van der Waals surface area contributed by atoms with Crippen LogP contribution in [0.5, 0.6) is 0 Å². The van der Waals surface area contributed by atoms with Gasteiger partial charge in [0.2, 0.25) is 0 Å². The minimum atomic E-state index is -0.444. The Bertz CT molecular complexity index is 912. The van der Waals surface area contributed by atoms with Gasteiger partial charge in [-0.1, -0.05) is 23.7 Å². The first-order valence-electron chi connectivity index (χ1n) is 7.05. The van der Waals surface area contributed by atoms with Gasteiger partial charge in [0, 0.05) is 17.5 Å². The van der Waals surface area contributed by atoms with Crippen molar-refractivity contribution in [2.45, 2.75) is 6.54 Å². The van der Waals surface area contributed by atoms with Gasteiger partial charge in [-0.05, 0) is 29.8 Å². The van der Waals surface area contributed by atoms with Crippen molar-refractivity contribution in [2.75, 3.05) is 0 Å². The predicted octanol–water partition coefficient (Wildman–Crippen LogP) is 3.32. The summed E-state index contributed by atoms with van der Waals surface area (Å²) in [7, 11) is 0. The number of rotatable bonds is 5. The number of hydrogen-bond donors (Lipinski definition) is 1. The van der Waals surface area contributed by atoms with Crippen LogP contribution in [0.3, 0.4) is 0 Å². The van der Waals surface area contributed by atoms with E-state index >= 15 is 0 Å². The number of para-hydroxylation sites is 1. The predicted molar refractivity (Wildman–Crippen MR) is 92.1 cm³/mol. The summed E-state index contributed by atoms with van der Waals surface area (Å²) in [6.07, 6.45) is 1.56. The highest BCUT2D eigenvalue weighted by Gasteiger charge is 2.05. The number of hydrogen-bond acceptors (Lipinski definition) is 6. The van der Waals surface area contributed by atoms with Gasteiger partial charge in [0.25, 0.3) is 5.69 Å². The van der Waals surface area contributed by atoms with Crippen molar-refractivity contribution >= 4 is 34.4 Å². The average molecular weight is 342 g/mol. The number of nitrogens with zero attached hydrogens (tertiary/aromatic N) is 4. The Labute approximate surface area is 142 Å². The Morgan fingerprint density at radius 2 is 1.92 bits per heavy atom. The zero-order valence-electron chi connectivity index (χ0n) is 12.4. The van der Waals surface area contributed by atoms with Crippen LogP contribution in [-0.4, -0.2) is 21.1 Å². The van der Waals surface area contributed by atoms with Crippen molar-refractivity contribution in [2.24, 2.45) is 5.10 Å². The second-order valence-electron chi connectivity index (χ2n) is 4.89. The van der Waals surface area contributed by atoms with Gasteiger partial charge in [-0.25, -0.2) is 9.97 Å². The number of nitro groups is 1. The van der Waals surface area contributed by atoms with E-state index < -0.39 is 4.92 Å². The van der Waals surface area contributed by atoms with Crippen LogP contribution in [0, 0.1) is 10.1 Å². The number of aromatic nitrogens is 2. The first kappa shape index (κ1) is 15.8. The summed E-state index contributed by atoms with van der Waals surface area (Å²) in [5, 5.41) is 15.8. The highest BCUT2D eigenvalue weighted by molar-refractivity contribution is 6.34. The Kier molecular flexibility index (Phi) is 4.62. The topological polar surface area (TPSA) is 93.3 Å². The molecule has 1 aromatic heterocycles. The molecule has 0 radical (unpaired) electrons. The molecule has 2 aromatic carbocycles. The van der Waals surface area contributed by atoms with Crippen LogP contribution in [0.1, 0.15) is 11.4 Å². The molecule has 120 valence electrons. The van der Waals surface area contributed by atoms with Gasteiger partial charge in [0.15, 0.2) is 5.82 Å². The molecule has 0 aliphatic carbocycles. The van der Waals surface area contributed by atoms with Crippen molar-refractivity contribution in [1.29, 1.82) is 0 Å². The Morgan fingerprint density at radius 1 is 1.17 bits per heavy atom. The van der Waals surface area contributed by atoms with Crippen LogP contribution < -0.4 is 5.43 Å². The lowest BCUT2D eigenvalue weighted by Gasteiger charge is -2.04.